The molecule has 1 N–H and O–H groups in total. The quantitative estimate of drug-likeness (QED) is 0.877. The van der Waals surface area contributed by atoms with Crippen LogP contribution in [0, 0.1) is 18.3 Å². The summed E-state index contributed by atoms with van der Waals surface area (Å²) in [5, 5.41) is 8.89. The van der Waals surface area contributed by atoms with Gasteiger partial charge < -0.3 is 0 Å². The van der Waals surface area contributed by atoms with Crippen LogP contribution in [0.3, 0.4) is 0 Å². The molecule has 0 amide bonds. The van der Waals surface area contributed by atoms with Crippen LogP contribution >= 0.6 is 11.8 Å². The third-order valence-electron chi connectivity index (χ3n) is 2.95. The summed E-state index contributed by atoms with van der Waals surface area (Å²) in [4.78, 5) is 1.12. The molecule has 0 atom stereocenters. The molecule has 6 heteroatoms. The molecule has 4 nitrogen and oxygen atoms in total. The molecule has 0 spiro atoms. The van der Waals surface area contributed by atoms with E-state index in [0.717, 1.165) is 4.90 Å². The lowest BCUT2D eigenvalue weighted by atomic mass is 10.1. The molecule has 0 bridgehead atoms. The Bertz CT molecular complexity index is 809. The molecule has 0 aliphatic rings. The summed E-state index contributed by atoms with van der Waals surface area (Å²) in [6.07, 6.45) is 1.93. The van der Waals surface area contributed by atoms with Crippen molar-refractivity contribution < 1.29 is 8.42 Å². The van der Waals surface area contributed by atoms with Crippen LogP contribution in [-0.4, -0.2) is 14.7 Å². The molecule has 2 rings (SSSR count). The lowest BCUT2D eigenvalue weighted by Crippen LogP contribution is -2.13. The predicted molar refractivity (Wildman–Crippen MR) is 84.9 cm³/mol. The second kappa shape index (κ2) is 6.20. The van der Waals surface area contributed by atoms with E-state index in [1.54, 1.807) is 36.9 Å². The van der Waals surface area contributed by atoms with Gasteiger partial charge >= 0.3 is 0 Å². The third kappa shape index (κ3) is 3.57. The summed E-state index contributed by atoms with van der Waals surface area (Å²) in [6, 6.07) is 13.7. The first-order valence-corrected chi connectivity index (χ1v) is 8.84. The molecule has 2 aromatic carbocycles. The summed E-state index contributed by atoms with van der Waals surface area (Å²) >= 11 is 1.54. The van der Waals surface area contributed by atoms with Crippen molar-refractivity contribution in [3.63, 3.8) is 0 Å². The maximum Gasteiger partial charge on any atom is 0.261 e. The second-order valence-electron chi connectivity index (χ2n) is 4.43. The van der Waals surface area contributed by atoms with Crippen molar-refractivity contribution >= 4 is 27.5 Å². The monoisotopic (exact) mass is 318 g/mol. The maximum absolute atomic E-state index is 12.4. The molecule has 0 radical (unpaired) electrons. The Morgan fingerprint density at radius 2 is 1.95 bits per heavy atom. The van der Waals surface area contributed by atoms with E-state index in [2.05, 4.69) is 4.72 Å². The Morgan fingerprint density at radius 3 is 2.57 bits per heavy atom. The number of benzene rings is 2. The number of nitrogens with one attached hydrogen (secondary N) is 1. The molecule has 0 saturated heterocycles. The molecule has 21 heavy (non-hydrogen) atoms. The van der Waals surface area contributed by atoms with Gasteiger partial charge in [-0.1, -0.05) is 6.07 Å². The van der Waals surface area contributed by atoms with Crippen LogP contribution in [0.15, 0.2) is 52.3 Å². The first-order chi connectivity index (χ1) is 9.96. The number of hydrogen-bond acceptors (Lipinski definition) is 4. The van der Waals surface area contributed by atoms with Crippen molar-refractivity contribution in [1.29, 1.82) is 5.26 Å². The molecule has 0 unspecified atom stereocenters. The fourth-order valence-electron chi connectivity index (χ4n) is 1.83. The van der Waals surface area contributed by atoms with Crippen LogP contribution in [0.4, 0.5) is 5.69 Å². The van der Waals surface area contributed by atoms with Gasteiger partial charge in [-0.05, 0) is 55.1 Å². The summed E-state index contributed by atoms with van der Waals surface area (Å²) in [7, 11) is -3.65. The van der Waals surface area contributed by atoms with Crippen LogP contribution in [0.25, 0.3) is 0 Å². The number of sulfonamides is 1. The summed E-state index contributed by atoms with van der Waals surface area (Å²) in [6.45, 7) is 1.71. The van der Waals surface area contributed by atoms with Gasteiger partial charge in [0.1, 0.15) is 0 Å². The third-order valence-corrected chi connectivity index (χ3v) is 5.05. The molecule has 0 aromatic heterocycles. The largest absolute Gasteiger partial charge is 0.280 e. The molecule has 0 fully saturated rings. The number of nitrogens with zero attached hydrogens (tertiary/aromatic N) is 1. The molecule has 0 heterocycles. The van der Waals surface area contributed by atoms with Crippen molar-refractivity contribution in [3.05, 3.63) is 53.6 Å². The first kappa shape index (κ1) is 15.4. The zero-order chi connectivity index (χ0) is 15.5. The van der Waals surface area contributed by atoms with Gasteiger partial charge in [0.25, 0.3) is 10.0 Å². The average Bonchev–Trinajstić information content (AvgIpc) is 2.47. The highest BCUT2D eigenvalue weighted by Crippen LogP contribution is 2.22. The smallest absolute Gasteiger partial charge is 0.261 e. The van der Waals surface area contributed by atoms with Crippen LogP contribution in [0.2, 0.25) is 0 Å². The van der Waals surface area contributed by atoms with Gasteiger partial charge in [-0.2, -0.15) is 5.26 Å². The molecule has 0 aliphatic carbocycles. The fourth-order valence-corrected chi connectivity index (χ4v) is 3.42. The zero-order valence-electron chi connectivity index (χ0n) is 11.6. The van der Waals surface area contributed by atoms with E-state index in [0.29, 0.717) is 16.8 Å². The summed E-state index contributed by atoms with van der Waals surface area (Å²) in [5.41, 5.74) is 1.63. The van der Waals surface area contributed by atoms with E-state index in [9.17, 15) is 8.42 Å². The Morgan fingerprint density at radius 1 is 1.19 bits per heavy atom. The molecule has 108 valence electrons. The minimum absolute atomic E-state index is 0.147. The van der Waals surface area contributed by atoms with Crippen molar-refractivity contribution in [3.8, 4) is 6.07 Å². The Balaban J connectivity index is 2.34. The van der Waals surface area contributed by atoms with Crippen molar-refractivity contribution in [2.75, 3.05) is 11.0 Å². The van der Waals surface area contributed by atoms with Gasteiger partial charge in [0, 0.05) is 10.6 Å². The van der Waals surface area contributed by atoms with Gasteiger partial charge in [-0.25, -0.2) is 8.42 Å². The molecular weight excluding hydrogens is 304 g/mol. The minimum Gasteiger partial charge on any atom is -0.280 e. The lowest BCUT2D eigenvalue weighted by molar-refractivity contribution is 0.601. The van der Waals surface area contributed by atoms with Gasteiger partial charge in [0.15, 0.2) is 0 Å². The second-order valence-corrected chi connectivity index (χ2v) is 6.99. The number of anilines is 1. The lowest BCUT2D eigenvalue weighted by Gasteiger charge is -2.10. The number of hydrogen-bond donors (Lipinski definition) is 1. The number of thioether (sulfide) groups is 1. The van der Waals surface area contributed by atoms with Gasteiger partial charge in [-0.3, -0.25) is 4.72 Å². The highest BCUT2D eigenvalue weighted by Gasteiger charge is 2.15. The van der Waals surface area contributed by atoms with E-state index in [4.69, 9.17) is 5.26 Å². The first-order valence-electron chi connectivity index (χ1n) is 6.14. The Kier molecular flexibility index (Phi) is 4.56. The minimum atomic E-state index is -3.65. The van der Waals surface area contributed by atoms with E-state index >= 15 is 0 Å². The van der Waals surface area contributed by atoms with E-state index < -0.39 is 10.0 Å². The fraction of sp³-hybridized carbons (Fsp3) is 0.133. The number of nitriles is 1. The van der Waals surface area contributed by atoms with Gasteiger partial charge in [-0.15, -0.1) is 11.8 Å². The molecular formula is C15H14N2O2S2. The topological polar surface area (TPSA) is 70.0 Å². The van der Waals surface area contributed by atoms with E-state index in [1.807, 2.05) is 18.4 Å². The van der Waals surface area contributed by atoms with Crippen LogP contribution in [0.1, 0.15) is 11.1 Å². The summed E-state index contributed by atoms with van der Waals surface area (Å²) in [5.74, 6) is 0. The van der Waals surface area contributed by atoms with Gasteiger partial charge in [0.05, 0.1) is 16.5 Å². The molecule has 2 aromatic rings. The number of aryl methyl sites for hydroxylation is 1. The average molecular weight is 318 g/mol. The highest BCUT2D eigenvalue weighted by molar-refractivity contribution is 7.98. The molecule has 0 saturated carbocycles. The van der Waals surface area contributed by atoms with Crippen molar-refractivity contribution in [2.45, 2.75) is 16.7 Å². The standard InChI is InChI=1S/C15H14N2O2S2/c1-11-8-15(7-6-12(11)10-16)21(18,19)17-13-4-3-5-14(9-13)20-2/h3-9,17H,1-2H3. The SMILES string of the molecule is CSc1cccc(NS(=O)(=O)c2ccc(C#N)c(C)c2)c1. The Hall–Kier alpha value is -1.97. The van der Waals surface area contributed by atoms with E-state index in [1.165, 1.54) is 18.2 Å². The predicted octanol–water partition coefficient (Wildman–Crippen LogP) is 3.39. The van der Waals surface area contributed by atoms with Gasteiger partial charge in [0.2, 0.25) is 0 Å². The van der Waals surface area contributed by atoms with Crippen LogP contribution < -0.4 is 4.72 Å². The molecule has 0 aliphatic heterocycles. The van der Waals surface area contributed by atoms with Crippen LogP contribution in [0.5, 0.6) is 0 Å². The van der Waals surface area contributed by atoms with Crippen molar-refractivity contribution in [1.82, 2.24) is 0 Å². The zero-order valence-corrected chi connectivity index (χ0v) is 13.3. The van der Waals surface area contributed by atoms with E-state index in [-0.39, 0.29) is 4.90 Å². The highest BCUT2D eigenvalue weighted by atomic mass is 32.2. The maximum atomic E-state index is 12.4. The number of rotatable bonds is 4. The van der Waals surface area contributed by atoms with Crippen molar-refractivity contribution in [2.24, 2.45) is 0 Å². The summed E-state index contributed by atoms with van der Waals surface area (Å²) < 4.78 is 27.3. The van der Waals surface area contributed by atoms with Crippen LogP contribution in [-0.2, 0) is 10.0 Å². The normalized spacial score (nSPS) is 10.9. The Labute approximate surface area is 128 Å².